The third kappa shape index (κ3) is 2.42. The zero-order valence-corrected chi connectivity index (χ0v) is 8.49. The molecule has 1 rings (SSSR count). The van der Waals surface area contributed by atoms with Crippen LogP contribution in [0.15, 0.2) is 18.3 Å². The van der Waals surface area contributed by atoms with Crippen LogP contribution in [0.2, 0.25) is 0 Å². The van der Waals surface area contributed by atoms with Crippen molar-refractivity contribution >= 4 is 5.82 Å². The molecule has 1 atom stereocenters. The molecule has 2 N–H and O–H groups in total. The van der Waals surface area contributed by atoms with Crippen molar-refractivity contribution in [2.24, 2.45) is 5.73 Å². The summed E-state index contributed by atoms with van der Waals surface area (Å²) >= 11 is 0. The third-order valence-corrected chi connectivity index (χ3v) is 2.16. The minimum Gasteiger partial charge on any atom is -0.360 e. The van der Waals surface area contributed by atoms with E-state index < -0.39 is 0 Å². The summed E-state index contributed by atoms with van der Waals surface area (Å²) in [5.74, 6) is 0.993. The number of pyridine rings is 1. The lowest BCUT2D eigenvalue weighted by atomic mass is 10.1. The van der Waals surface area contributed by atoms with Crippen LogP contribution >= 0.6 is 0 Å². The highest BCUT2D eigenvalue weighted by molar-refractivity contribution is 5.38. The van der Waals surface area contributed by atoms with Gasteiger partial charge in [0.2, 0.25) is 0 Å². The monoisotopic (exact) mass is 179 g/mol. The zero-order chi connectivity index (χ0) is 9.84. The quantitative estimate of drug-likeness (QED) is 0.765. The number of rotatable bonds is 3. The largest absolute Gasteiger partial charge is 0.360 e. The Morgan fingerprint density at radius 2 is 2.23 bits per heavy atom. The number of nitrogens with two attached hydrogens (primary N) is 1. The van der Waals surface area contributed by atoms with Gasteiger partial charge in [0.1, 0.15) is 5.82 Å². The number of aromatic nitrogens is 1. The Labute approximate surface area is 79.6 Å². The van der Waals surface area contributed by atoms with E-state index in [1.54, 1.807) is 0 Å². The Morgan fingerprint density at radius 1 is 1.54 bits per heavy atom. The number of hydrogen-bond acceptors (Lipinski definition) is 3. The number of anilines is 1. The van der Waals surface area contributed by atoms with Crippen LogP contribution in [0.25, 0.3) is 0 Å². The SMILES string of the molecule is CCN(C)c1ccc([C@@H](C)N)cn1. The highest BCUT2D eigenvalue weighted by atomic mass is 15.1. The van der Waals surface area contributed by atoms with Gasteiger partial charge in [-0.2, -0.15) is 0 Å². The summed E-state index contributed by atoms with van der Waals surface area (Å²) < 4.78 is 0. The smallest absolute Gasteiger partial charge is 0.128 e. The first-order valence-corrected chi connectivity index (χ1v) is 4.57. The van der Waals surface area contributed by atoms with E-state index in [0.29, 0.717) is 0 Å². The maximum atomic E-state index is 5.72. The summed E-state index contributed by atoms with van der Waals surface area (Å²) in [6.45, 7) is 5.02. The lowest BCUT2D eigenvalue weighted by Gasteiger charge is -2.15. The lowest BCUT2D eigenvalue weighted by Crippen LogP contribution is -2.17. The van der Waals surface area contributed by atoms with Crippen LogP contribution < -0.4 is 10.6 Å². The Hall–Kier alpha value is -1.09. The summed E-state index contributed by atoms with van der Waals surface area (Å²) in [4.78, 5) is 6.40. The molecular formula is C10H17N3. The molecular weight excluding hydrogens is 162 g/mol. The molecule has 0 aliphatic heterocycles. The van der Waals surface area contributed by atoms with E-state index in [9.17, 15) is 0 Å². The van der Waals surface area contributed by atoms with E-state index in [1.165, 1.54) is 0 Å². The van der Waals surface area contributed by atoms with Crippen LogP contribution in [0.3, 0.4) is 0 Å². The molecule has 3 nitrogen and oxygen atoms in total. The molecule has 0 spiro atoms. The molecule has 72 valence electrons. The fourth-order valence-corrected chi connectivity index (χ4v) is 1.05. The maximum Gasteiger partial charge on any atom is 0.128 e. The van der Waals surface area contributed by atoms with Gasteiger partial charge in [-0.3, -0.25) is 0 Å². The Kier molecular flexibility index (Phi) is 3.25. The minimum atomic E-state index is 0.0634. The summed E-state index contributed by atoms with van der Waals surface area (Å²) in [6, 6.07) is 4.09. The predicted octanol–water partition coefficient (Wildman–Crippen LogP) is 1.56. The average molecular weight is 179 g/mol. The minimum absolute atomic E-state index is 0.0634. The Morgan fingerprint density at radius 3 is 2.62 bits per heavy atom. The molecule has 0 aromatic carbocycles. The van der Waals surface area contributed by atoms with Gasteiger partial charge in [-0.05, 0) is 25.5 Å². The van der Waals surface area contributed by atoms with Crippen LogP contribution in [0.4, 0.5) is 5.82 Å². The Balaban J connectivity index is 2.81. The van der Waals surface area contributed by atoms with Crippen LogP contribution in [0.1, 0.15) is 25.5 Å². The van der Waals surface area contributed by atoms with Gasteiger partial charge in [0.25, 0.3) is 0 Å². The first-order chi connectivity index (χ1) is 6.15. The van der Waals surface area contributed by atoms with Crippen molar-refractivity contribution in [2.75, 3.05) is 18.5 Å². The highest BCUT2D eigenvalue weighted by Gasteiger charge is 2.01. The molecule has 0 saturated heterocycles. The molecule has 1 heterocycles. The van der Waals surface area contributed by atoms with Crippen molar-refractivity contribution in [3.63, 3.8) is 0 Å². The molecule has 0 bridgehead atoms. The number of nitrogens with zero attached hydrogens (tertiary/aromatic N) is 2. The van der Waals surface area contributed by atoms with E-state index in [-0.39, 0.29) is 6.04 Å². The molecule has 0 unspecified atom stereocenters. The normalized spacial score (nSPS) is 12.6. The lowest BCUT2D eigenvalue weighted by molar-refractivity contribution is 0.808. The topological polar surface area (TPSA) is 42.1 Å². The summed E-state index contributed by atoms with van der Waals surface area (Å²) in [7, 11) is 2.02. The van der Waals surface area contributed by atoms with E-state index in [1.807, 2.05) is 32.3 Å². The molecule has 1 aromatic rings. The second kappa shape index (κ2) is 4.23. The summed E-state index contributed by atoms with van der Waals surface area (Å²) in [5, 5.41) is 0. The molecule has 0 fully saturated rings. The van der Waals surface area contributed by atoms with Gasteiger partial charge in [0.15, 0.2) is 0 Å². The molecule has 0 aliphatic carbocycles. The van der Waals surface area contributed by atoms with E-state index in [2.05, 4.69) is 16.8 Å². The third-order valence-electron chi connectivity index (χ3n) is 2.16. The van der Waals surface area contributed by atoms with Crippen molar-refractivity contribution < 1.29 is 0 Å². The van der Waals surface area contributed by atoms with Crippen molar-refractivity contribution in [1.29, 1.82) is 0 Å². The van der Waals surface area contributed by atoms with Gasteiger partial charge in [-0.1, -0.05) is 6.07 Å². The van der Waals surface area contributed by atoms with E-state index >= 15 is 0 Å². The standard InChI is InChI=1S/C10H17N3/c1-4-13(3)10-6-5-9(7-12-10)8(2)11/h5-8H,4,11H2,1-3H3/t8-/m1/s1. The van der Waals surface area contributed by atoms with Gasteiger partial charge >= 0.3 is 0 Å². The van der Waals surface area contributed by atoms with Crippen LogP contribution in [0, 0.1) is 0 Å². The fraction of sp³-hybridized carbons (Fsp3) is 0.500. The van der Waals surface area contributed by atoms with Crippen molar-refractivity contribution in [3.8, 4) is 0 Å². The molecule has 0 saturated carbocycles. The summed E-state index contributed by atoms with van der Waals surface area (Å²) in [6.07, 6.45) is 1.84. The van der Waals surface area contributed by atoms with Gasteiger partial charge < -0.3 is 10.6 Å². The van der Waals surface area contributed by atoms with E-state index in [0.717, 1.165) is 17.9 Å². The first kappa shape index (κ1) is 9.99. The second-order valence-electron chi connectivity index (χ2n) is 3.25. The van der Waals surface area contributed by atoms with Crippen LogP contribution in [-0.4, -0.2) is 18.6 Å². The van der Waals surface area contributed by atoms with Gasteiger partial charge in [0.05, 0.1) is 0 Å². The predicted molar refractivity (Wildman–Crippen MR) is 55.8 cm³/mol. The summed E-state index contributed by atoms with van der Waals surface area (Å²) in [5.41, 5.74) is 6.80. The van der Waals surface area contributed by atoms with Crippen LogP contribution in [-0.2, 0) is 0 Å². The zero-order valence-electron chi connectivity index (χ0n) is 8.49. The molecule has 13 heavy (non-hydrogen) atoms. The van der Waals surface area contributed by atoms with Crippen molar-refractivity contribution in [1.82, 2.24) is 4.98 Å². The molecule has 0 amide bonds. The van der Waals surface area contributed by atoms with E-state index in [4.69, 9.17) is 5.73 Å². The first-order valence-electron chi connectivity index (χ1n) is 4.57. The average Bonchev–Trinajstić information content (AvgIpc) is 2.17. The molecule has 0 aliphatic rings. The molecule has 3 heteroatoms. The second-order valence-corrected chi connectivity index (χ2v) is 3.25. The highest BCUT2D eigenvalue weighted by Crippen LogP contribution is 2.12. The molecule has 1 aromatic heterocycles. The van der Waals surface area contributed by atoms with Gasteiger partial charge in [-0.15, -0.1) is 0 Å². The molecule has 0 radical (unpaired) electrons. The Bertz CT molecular complexity index is 253. The fourth-order valence-electron chi connectivity index (χ4n) is 1.05. The van der Waals surface area contributed by atoms with Gasteiger partial charge in [-0.25, -0.2) is 4.98 Å². The number of hydrogen-bond donors (Lipinski definition) is 1. The maximum absolute atomic E-state index is 5.72. The van der Waals surface area contributed by atoms with Gasteiger partial charge in [0, 0.05) is 25.8 Å². The van der Waals surface area contributed by atoms with Crippen molar-refractivity contribution in [2.45, 2.75) is 19.9 Å². The van der Waals surface area contributed by atoms with Crippen molar-refractivity contribution in [3.05, 3.63) is 23.9 Å². The van der Waals surface area contributed by atoms with Crippen LogP contribution in [0.5, 0.6) is 0 Å².